The summed E-state index contributed by atoms with van der Waals surface area (Å²) in [6.07, 6.45) is 0.382. The normalized spacial score (nSPS) is 40.4. The van der Waals surface area contributed by atoms with E-state index in [0.29, 0.717) is 6.61 Å². The Hall–Kier alpha value is -0.330. The predicted molar refractivity (Wildman–Crippen MR) is 63.7 cm³/mol. The molecule has 1 N–H and O–H groups in total. The summed E-state index contributed by atoms with van der Waals surface area (Å²) < 4.78 is 28.0. The zero-order chi connectivity index (χ0) is 12.6. The molecule has 2 aliphatic heterocycles. The van der Waals surface area contributed by atoms with Gasteiger partial charge < -0.3 is 10.1 Å². The van der Waals surface area contributed by atoms with Crippen molar-refractivity contribution in [3.05, 3.63) is 0 Å². The average molecular weight is 282 g/mol. The SMILES string of the molecule is CC1CCOC1C(=O)NC1CS(=O)(=O)CC1Cl. The second-order valence-corrected chi connectivity index (χ2v) is 7.48. The summed E-state index contributed by atoms with van der Waals surface area (Å²) in [4.78, 5) is 11.9. The first kappa shape index (κ1) is 13.1. The number of amides is 1. The number of nitrogens with one attached hydrogen (secondary N) is 1. The van der Waals surface area contributed by atoms with E-state index in [1.807, 2.05) is 6.92 Å². The quantitative estimate of drug-likeness (QED) is 0.720. The van der Waals surface area contributed by atoms with E-state index >= 15 is 0 Å². The summed E-state index contributed by atoms with van der Waals surface area (Å²) in [5, 5.41) is 2.14. The lowest BCUT2D eigenvalue weighted by Gasteiger charge is -2.19. The Balaban J connectivity index is 1.95. The molecule has 0 spiro atoms. The molecule has 1 amide bonds. The molecule has 4 unspecified atom stereocenters. The fourth-order valence-corrected chi connectivity index (χ4v) is 4.78. The molecule has 4 atom stereocenters. The summed E-state index contributed by atoms with van der Waals surface area (Å²) in [6, 6.07) is -0.495. The van der Waals surface area contributed by atoms with E-state index in [1.165, 1.54) is 0 Å². The highest BCUT2D eigenvalue weighted by molar-refractivity contribution is 7.91. The van der Waals surface area contributed by atoms with Crippen LogP contribution in [0.1, 0.15) is 13.3 Å². The molecule has 2 aliphatic rings. The summed E-state index contributed by atoms with van der Waals surface area (Å²) in [6.45, 7) is 2.52. The molecule has 5 nitrogen and oxygen atoms in total. The van der Waals surface area contributed by atoms with Crippen LogP contribution in [0.25, 0.3) is 0 Å². The number of ether oxygens (including phenoxy) is 1. The predicted octanol–water partition coefficient (Wildman–Crippen LogP) is -0.0680. The van der Waals surface area contributed by atoms with Crippen molar-refractivity contribution < 1.29 is 17.9 Å². The molecular weight excluding hydrogens is 266 g/mol. The summed E-state index contributed by atoms with van der Waals surface area (Å²) >= 11 is 5.92. The number of sulfone groups is 1. The lowest BCUT2D eigenvalue weighted by Crippen LogP contribution is -2.46. The van der Waals surface area contributed by atoms with E-state index in [-0.39, 0.29) is 23.3 Å². The van der Waals surface area contributed by atoms with Crippen molar-refractivity contribution in [2.24, 2.45) is 5.92 Å². The number of carbonyl (C=O) groups is 1. The monoisotopic (exact) mass is 281 g/mol. The molecule has 0 saturated carbocycles. The Morgan fingerprint density at radius 1 is 1.41 bits per heavy atom. The number of hydrogen-bond donors (Lipinski definition) is 1. The van der Waals surface area contributed by atoms with Gasteiger partial charge in [0.15, 0.2) is 9.84 Å². The fourth-order valence-electron chi connectivity index (χ4n) is 2.23. The van der Waals surface area contributed by atoms with Gasteiger partial charge in [0.05, 0.1) is 22.9 Å². The van der Waals surface area contributed by atoms with Crippen molar-refractivity contribution in [2.75, 3.05) is 18.1 Å². The second-order valence-electron chi connectivity index (χ2n) is 4.77. The van der Waals surface area contributed by atoms with Gasteiger partial charge in [0.1, 0.15) is 6.10 Å². The van der Waals surface area contributed by atoms with Crippen LogP contribution in [-0.4, -0.2) is 50.0 Å². The molecule has 2 rings (SSSR count). The molecule has 2 fully saturated rings. The molecule has 0 aromatic heterocycles. The van der Waals surface area contributed by atoms with Gasteiger partial charge in [-0.25, -0.2) is 8.42 Å². The van der Waals surface area contributed by atoms with Gasteiger partial charge in [0.2, 0.25) is 5.91 Å². The summed E-state index contributed by atoms with van der Waals surface area (Å²) in [5.74, 6) is -0.223. The first-order chi connectivity index (χ1) is 7.89. The smallest absolute Gasteiger partial charge is 0.249 e. The van der Waals surface area contributed by atoms with E-state index in [1.54, 1.807) is 0 Å². The van der Waals surface area contributed by atoms with E-state index < -0.39 is 27.4 Å². The molecule has 2 heterocycles. The number of halogens is 1. The van der Waals surface area contributed by atoms with Crippen LogP contribution in [0.15, 0.2) is 0 Å². The first-order valence-corrected chi connectivity index (χ1v) is 7.91. The van der Waals surface area contributed by atoms with Gasteiger partial charge in [-0.2, -0.15) is 0 Å². The summed E-state index contributed by atoms with van der Waals surface area (Å²) in [5.41, 5.74) is 0. The maximum Gasteiger partial charge on any atom is 0.249 e. The van der Waals surface area contributed by atoms with Gasteiger partial charge in [0, 0.05) is 6.61 Å². The van der Waals surface area contributed by atoms with Crippen LogP contribution in [0.4, 0.5) is 0 Å². The molecule has 17 heavy (non-hydrogen) atoms. The largest absolute Gasteiger partial charge is 0.368 e. The van der Waals surface area contributed by atoms with Gasteiger partial charge in [-0.1, -0.05) is 6.92 Å². The van der Waals surface area contributed by atoms with Crippen molar-refractivity contribution >= 4 is 27.3 Å². The molecule has 0 radical (unpaired) electrons. The van der Waals surface area contributed by atoms with Gasteiger partial charge in [0.25, 0.3) is 0 Å². The fraction of sp³-hybridized carbons (Fsp3) is 0.900. The lowest BCUT2D eigenvalue weighted by molar-refractivity contribution is -0.132. The molecule has 0 bridgehead atoms. The topological polar surface area (TPSA) is 72.5 Å². The van der Waals surface area contributed by atoms with Crippen molar-refractivity contribution in [3.8, 4) is 0 Å². The zero-order valence-electron chi connectivity index (χ0n) is 9.56. The molecule has 98 valence electrons. The Morgan fingerprint density at radius 3 is 2.59 bits per heavy atom. The van der Waals surface area contributed by atoms with Crippen LogP contribution in [0.5, 0.6) is 0 Å². The maximum absolute atomic E-state index is 11.9. The summed E-state index contributed by atoms with van der Waals surface area (Å²) in [7, 11) is -3.11. The Bertz CT molecular complexity index is 411. The van der Waals surface area contributed by atoms with Crippen LogP contribution in [0.3, 0.4) is 0 Å². The average Bonchev–Trinajstić information content (AvgIpc) is 2.71. The van der Waals surface area contributed by atoms with Crippen molar-refractivity contribution in [2.45, 2.75) is 30.9 Å². The standard InChI is InChI=1S/C10H16ClNO4S/c1-6-2-3-16-9(6)10(13)12-8-5-17(14,15)4-7(8)11/h6-9H,2-5H2,1H3,(H,12,13). The Kier molecular flexibility index (Phi) is 3.66. The van der Waals surface area contributed by atoms with E-state index in [4.69, 9.17) is 16.3 Å². The van der Waals surface area contributed by atoms with Crippen LogP contribution >= 0.6 is 11.6 Å². The van der Waals surface area contributed by atoms with Crippen LogP contribution in [-0.2, 0) is 19.4 Å². The minimum Gasteiger partial charge on any atom is -0.368 e. The van der Waals surface area contributed by atoms with Gasteiger partial charge in [-0.3, -0.25) is 4.79 Å². The molecule has 0 aromatic carbocycles. The van der Waals surface area contributed by atoms with Gasteiger partial charge in [-0.05, 0) is 12.3 Å². The minimum absolute atomic E-state index is 0.0689. The lowest BCUT2D eigenvalue weighted by atomic mass is 10.0. The van der Waals surface area contributed by atoms with Gasteiger partial charge >= 0.3 is 0 Å². The first-order valence-electron chi connectivity index (χ1n) is 5.65. The maximum atomic E-state index is 11.9. The van der Waals surface area contributed by atoms with Crippen molar-refractivity contribution in [1.29, 1.82) is 0 Å². The Labute approximate surface area is 106 Å². The molecule has 7 heteroatoms. The number of hydrogen-bond acceptors (Lipinski definition) is 4. The van der Waals surface area contributed by atoms with Crippen molar-refractivity contribution in [1.82, 2.24) is 5.32 Å². The minimum atomic E-state index is -3.11. The molecule has 2 saturated heterocycles. The molecule has 0 aliphatic carbocycles. The second kappa shape index (κ2) is 4.74. The molecule has 0 aromatic rings. The number of rotatable bonds is 2. The van der Waals surface area contributed by atoms with Gasteiger partial charge in [-0.15, -0.1) is 11.6 Å². The third-order valence-corrected chi connectivity index (χ3v) is 5.63. The third kappa shape index (κ3) is 2.92. The van der Waals surface area contributed by atoms with E-state index in [0.717, 1.165) is 6.42 Å². The number of alkyl halides is 1. The van der Waals surface area contributed by atoms with Crippen LogP contribution in [0.2, 0.25) is 0 Å². The van der Waals surface area contributed by atoms with E-state index in [9.17, 15) is 13.2 Å². The highest BCUT2D eigenvalue weighted by Gasteiger charge is 2.39. The zero-order valence-corrected chi connectivity index (χ0v) is 11.1. The number of carbonyl (C=O) groups excluding carboxylic acids is 1. The highest BCUT2D eigenvalue weighted by Crippen LogP contribution is 2.22. The van der Waals surface area contributed by atoms with Crippen LogP contribution in [0, 0.1) is 5.92 Å². The Morgan fingerprint density at radius 2 is 2.12 bits per heavy atom. The van der Waals surface area contributed by atoms with Crippen molar-refractivity contribution in [3.63, 3.8) is 0 Å². The molecular formula is C10H16ClNO4S. The van der Waals surface area contributed by atoms with Crippen LogP contribution < -0.4 is 5.32 Å². The third-order valence-electron chi connectivity index (χ3n) is 3.26. The van der Waals surface area contributed by atoms with E-state index in [2.05, 4.69) is 5.32 Å². The highest BCUT2D eigenvalue weighted by atomic mass is 35.5.